The molecule has 1 N–H and O–H groups in total. The van der Waals surface area contributed by atoms with Gasteiger partial charge in [-0.05, 0) is 42.7 Å². The van der Waals surface area contributed by atoms with Gasteiger partial charge in [-0.2, -0.15) is 18.3 Å². The lowest BCUT2D eigenvalue weighted by Gasteiger charge is -2.19. The lowest BCUT2D eigenvalue weighted by molar-refractivity contribution is -0.143. The minimum Gasteiger partial charge on any atom is -0.480 e. The number of aromatic nitrogens is 4. The average molecular weight is 464 g/mol. The Hall–Kier alpha value is -3.70. The molecule has 0 bridgehead atoms. The molecule has 8 nitrogen and oxygen atoms in total. The van der Waals surface area contributed by atoms with Crippen LogP contribution >= 0.6 is 0 Å². The van der Waals surface area contributed by atoms with E-state index in [1.165, 1.54) is 31.4 Å². The first-order chi connectivity index (χ1) is 15.8. The monoisotopic (exact) mass is 464 g/mol. The van der Waals surface area contributed by atoms with E-state index in [1.807, 2.05) is 4.90 Å². The number of nitrogens with zero attached hydrogens (tertiary/aromatic N) is 5. The second-order valence-corrected chi connectivity index (χ2v) is 7.54. The van der Waals surface area contributed by atoms with Crippen molar-refractivity contribution in [1.29, 1.82) is 0 Å². The third-order valence-corrected chi connectivity index (χ3v) is 5.36. The van der Waals surface area contributed by atoms with Crippen LogP contribution < -0.4 is 15.0 Å². The lowest BCUT2D eigenvalue weighted by atomic mass is 10.1. The van der Waals surface area contributed by atoms with Crippen LogP contribution in [0.4, 0.5) is 23.2 Å². The van der Waals surface area contributed by atoms with Crippen molar-refractivity contribution in [2.45, 2.75) is 12.6 Å². The van der Waals surface area contributed by atoms with Gasteiger partial charge in [0.15, 0.2) is 11.5 Å². The number of anilines is 1. The van der Waals surface area contributed by atoms with Gasteiger partial charge in [0, 0.05) is 31.4 Å². The second-order valence-electron chi connectivity index (χ2n) is 7.54. The van der Waals surface area contributed by atoms with Gasteiger partial charge in [-0.25, -0.2) is 9.07 Å². The first kappa shape index (κ1) is 22.5. The Balaban J connectivity index is 1.46. The molecule has 3 aromatic rings. The normalized spacial score (nSPS) is 16.2. The Labute approximate surface area is 186 Å². The molecule has 1 amide bonds. The summed E-state index contributed by atoms with van der Waals surface area (Å²) in [5.41, 5.74) is -0.987. The van der Waals surface area contributed by atoms with E-state index in [0.717, 1.165) is 18.3 Å². The van der Waals surface area contributed by atoms with Crippen molar-refractivity contribution in [2.24, 2.45) is 5.92 Å². The van der Waals surface area contributed by atoms with Gasteiger partial charge in [-0.15, -0.1) is 10.2 Å². The standard InChI is InChI=1S/C21H20F4N6O2/c1-33-18-7-6-17(28-29-18)31-19(21(23,24)25)16(11-27-31)20(32)26-10-13-8-9-30(12-13)15-4-2-14(22)3-5-15/h2-7,11,13H,8-10,12H2,1H3,(H,26,32). The summed E-state index contributed by atoms with van der Waals surface area (Å²) in [6.45, 7) is 1.49. The van der Waals surface area contributed by atoms with E-state index in [2.05, 4.69) is 20.6 Å². The zero-order chi connectivity index (χ0) is 23.6. The number of amides is 1. The van der Waals surface area contributed by atoms with E-state index in [9.17, 15) is 22.4 Å². The number of carbonyl (C=O) groups is 1. The minimum atomic E-state index is -4.85. The van der Waals surface area contributed by atoms with E-state index >= 15 is 0 Å². The van der Waals surface area contributed by atoms with Gasteiger partial charge in [-0.1, -0.05) is 0 Å². The molecule has 1 saturated heterocycles. The van der Waals surface area contributed by atoms with E-state index in [4.69, 9.17) is 4.74 Å². The summed E-state index contributed by atoms with van der Waals surface area (Å²) in [7, 11) is 1.35. The molecule has 0 radical (unpaired) electrons. The van der Waals surface area contributed by atoms with Crippen LogP contribution in [-0.2, 0) is 6.18 Å². The van der Waals surface area contributed by atoms with Crippen LogP contribution in [0.3, 0.4) is 0 Å². The van der Waals surface area contributed by atoms with Gasteiger partial charge in [0.1, 0.15) is 5.82 Å². The SMILES string of the molecule is COc1ccc(-n2ncc(C(=O)NCC3CCN(c4ccc(F)cc4)C3)c2C(F)(F)F)nn1. The third-order valence-electron chi connectivity index (χ3n) is 5.36. The smallest absolute Gasteiger partial charge is 0.434 e. The molecule has 3 heterocycles. The molecule has 174 valence electrons. The minimum absolute atomic E-state index is 0.0378. The van der Waals surface area contributed by atoms with Gasteiger partial charge in [0.05, 0.1) is 18.9 Å². The average Bonchev–Trinajstić information content (AvgIpc) is 3.46. The summed E-state index contributed by atoms with van der Waals surface area (Å²) in [6.07, 6.45) is -3.24. The van der Waals surface area contributed by atoms with Gasteiger partial charge < -0.3 is 15.0 Å². The fraction of sp³-hybridized carbons (Fsp3) is 0.333. The van der Waals surface area contributed by atoms with Gasteiger partial charge in [-0.3, -0.25) is 4.79 Å². The fourth-order valence-electron chi connectivity index (χ4n) is 3.71. The van der Waals surface area contributed by atoms with Crippen LogP contribution in [0.25, 0.3) is 5.82 Å². The fourth-order valence-corrected chi connectivity index (χ4v) is 3.71. The van der Waals surface area contributed by atoms with E-state index in [0.29, 0.717) is 17.8 Å². The molecular formula is C21H20F4N6O2. The largest absolute Gasteiger partial charge is 0.480 e. The van der Waals surface area contributed by atoms with Crippen molar-refractivity contribution in [3.05, 3.63) is 59.7 Å². The molecule has 1 atom stereocenters. The summed E-state index contributed by atoms with van der Waals surface area (Å²) in [5, 5.41) is 13.6. The quantitative estimate of drug-likeness (QED) is 0.565. The highest BCUT2D eigenvalue weighted by Crippen LogP contribution is 2.33. The molecule has 1 unspecified atom stereocenters. The maximum absolute atomic E-state index is 13.8. The number of benzene rings is 1. The molecule has 1 aliphatic heterocycles. The highest BCUT2D eigenvalue weighted by molar-refractivity contribution is 5.95. The molecule has 1 aromatic carbocycles. The predicted molar refractivity (Wildman–Crippen MR) is 110 cm³/mol. The Morgan fingerprint density at radius 1 is 1.18 bits per heavy atom. The van der Waals surface area contributed by atoms with Crippen molar-refractivity contribution in [1.82, 2.24) is 25.3 Å². The maximum Gasteiger partial charge on any atom is 0.434 e. The first-order valence-corrected chi connectivity index (χ1v) is 10.1. The number of carbonyl (C=O) groups excluding carboxylic acids is 1. The van der Waals surface area contributed by atoms with Crippen LogP contribution in [0.1, 0.15) is 22.5 Å². The van der Waals surface area contributed by atoms with Crippen LogP contribution in [0.2, 0.25) is 0 Å². The molecule has 1 fully saturated rings. The molecule has 0 spiro atoms. The van der Waals surface area contributed by atoms with Gasteiger partial charge >= 0.3 is 6.18 Å². The van der Waals surface area contributed by atoms with Crippen LogP contribution in [0, 0.1) is 11.7 Å². The van der Waals surface area contributed by atoms with Crippen molar-refractivity contribution in [3.8, 4) is 11.7 Å². The van der Waals surface area contributed by atoms with E-state index < -0.39 is 23.3 Å². The van der Waals surface area contributed by atoms with Crippen LogP contribution in [0.15, 0.2) is 42.6 Å². The Morgan fingerprint density at radius 2 is 1.94 bits per heavy atom. The van der Waals surface area contributed by atoms with Crippen LogP contribution in [0.5, 0.6) is 5.88 Å². The molecule has 0 saturated carbocycles. The van der Waals surface area contributed by atoms with Crippen molar-refractivity contribution >= 4 is 11.6 Å². The number of hydrogen-bond donors (Lipinski definition) is 1. The number of nitrogens with one attached hydrogen (secondary N) is 1. The van der Waals surface area contributed by atoms with Crippen molar-refractivity contribution < 1.29 is 27.1 Å². The molecule has 12 heteroatoms. The van der Waals surface area contributed by atoms with Gasteiger partial charge in [0.25, 0.3) is 5.91 Å². The lowest BCUT2D eigenvalue weighted by Crippen LogP contribution is -2.32. The van der Waals surface area contributed by atoms with Crippen molar-refractivity contribution in [3.63, 3.8) is 0 Å². The number of ether oxygens (including phenoxy) is 1. The summed E-state index contributed by atoms with van der Waals surface area (Å²) < 4.78 is 59.9. The number of methoxy groups -OCH3 is 1. The van der Waals surface area contributed by atoms with Crippen LogP contribution in [-0.4, -0.2) is 52.6 Å². The molecule has 0 aliphatic carbocycles. The number of halogens is 4. The highest BCUT2D eigenvalue weighted by atomic mass is 19.4. The zero-order valence-corrected chi connectivity index (χ0v) is 17.5. The van der Waals surface area contributed by atoms with Gasteiger partial charge in [0.2, 0.25) is 5.88 Å². The van der Waals surface area contributed by atoms with E-state index in [1.54, 1.807) is 12.1 Å². The highest BCUT2D eigenvalue weighted by Gasteiger charge is 2.41. The maximum atomic E-state index is 13.8. The molecular weight excluding hydrogens is 444 g/mol. The second kappa shape index (κ2) is 9.04. The summed E-state index contributed by atoms with van der Waals surface area (Å²) in [6, 6.07) is 8.68. The third kappa shape index (κ3) is 4.89. The molecule has 33 heavy (non-hydrogen) atoms. The van der Waals surface area contributed by atoms with Crippen molar-refractivity contribution in [2.75, 3.05) is 31.6 Å². The number of alkyl halides is 3. The van der Waals surface area contributed by atoms with E-state index in [-0.39, 0.29) is 30.0 Å². The zero-order valence-electron chi connectivity index (χ0n) is 17.5. The molecule has 2 aromatic heterocycles. The predicted octanol–water partition coefficient (Wildman–Crippen LogP) is 3.09. The number of rotatable bonds is 6. The number of hydrogen-bond acceptors (Lipinski definition) is 6. The molecule has 4 rings (SSSR count). The topological polar surface area (TPSA) is 85.2 Å². The summed E-state index contributed by atoms with van der Waals surface area (Å²) in [5.74, 6) is -1.24. The molecule has 1 aliphatic rings. The Bertz CT molecular complexity index is 1120. The first-order valence-electron chi connectivity index (χ1n) is 10.1. The Morgan fingerprint density at radius 3 is 2.58 bits per heavy atom. The summed E-state index contributed by atoms with van der Waals surface area (Å²) >= 11 is 0. The summed E-state index contributed by atoms with van der Waals surface area (Å²) in [4.78, 5) is 14.7. The Kier molecular flexibility index (Phi) is 6.16.